The van der Waals surface area contributed by atoms with Crippen molar-refractivity contribution >= 4 is 5.78 Å². The molecular weight excluding hydrogens is 438 g/mol. The summed E-state index contributed by atoms with van der Waals surface area (Å²) in [4.78, 5) is 12.8. The molecule has 2 aromatic rings. The highest BCUT2D eigenvalue weighted by atomic mass is 19.4. The van der Waals surface area contributed by atoms with Crippen molar-refractivity contribution in [3.05, 3.63) is 46.8 Å². The summed E-state index contributed by atoms with van der Waals surface area (Å²) in [6.07, 6.45) is -1.59. The number of carbonyl (C=O) groups is 1. The highest BCUT2D eigenvalue weighted by Gasteiger charge is 2.43. The Labute approximate surface area is 190 Å². The Morgan fingerprint density at radius 3 is 2.61 bits per heavy atom. The molecule has 0 amide bonds. The lowest BCUT2D eigenvalue weighted by Gasteiger charge is -2.35. The number of benzene rings is 1. The quantitative estimate of drug-likeness (QED) is 0.490. The molecule has 1 aromatic carbocycles. The molecule has 4 rings (SSSR count). The van der Waals surface area contributed by atoms with E-state index >= 15 is 0 Å². The molecule has 0 radical (unpaired) electrons. The van der Waals surface area contributed by atoms with Crippen LogP contribution in [0.4, 0.5) is 17.6 Å². The molecule has 0 aliphatic heterocycles. The molecule has 0 saturated heterocycles. The van der Waals surface area contributed by atoms with Gasteiger partial charge in [0.2, 0.25) is 0 Å². The fourth-order valence-corrected chi connectivity index (χ4v) is 4.90. The fraction of sp³-hybridized carbons (Fsp3) is 0.625. The molecule has 1 aromatic heterocycles. The first kappa shape index (κ1) is 23.9. The molecule has 0 spiro atoms. The van der Waals surface area contributed by atoms with Crippen molar-refractivity contribution in [2.24, 2.45) is 5.92 Å². The summed E-state index contributed by atoms with van der Waals surface area (Å²) < 4.78 is 53.9. The first-order valence-corrected chi connectivity index (χ1v) is 11.5. The Kier molecular flexibility index (Phi) is 6.88. The lowest BCUT2D eigenvalue weighted by Crippen LogP contribution is -2.29. The number of nitrogens with zero attached hydrogens (tertiary/aromatic N) is 3. The van der Waals surface area contributed by atoms with Crippen molar-refractivity contribution < 1.29 is 27.5 Å². The molecule has 1 N–H and O–H groups in total. The minimum absolute atomic E-state index is 0.0559. The predicted octanol–water partition coefficient (Wildman–Crippen LogP) is 5.17. The van der Waals surface area contributed by atoms with Crippen molar-refractivity contribution in [3.8, 4) is 0 Å². The van der Waals surface area contributed by atoms with Gasteiger partial charge < -0.3 is 9.67 Å². The van der Waals surface area contributed by atoms with Gasteiger partial charge in [-0.25, -0.2) is 4.39 Å². The Hall–Kier alpha value is -2.29. The van der Waals surface area contributed by atoms with E-state index in [4.69, 9.17) is 0 Å². The molecule has 1 heterocycles. The van der Waals surface area contributed by atoms with Gasteiger partial charge >= 0.3 is 6.18 Å². The number of Topliss-reactive ketones (excluding diaryl/α,β-unsaturated/α-hetero) is 1. The number of halogens is 4. The van der Waals surface area contributed by atoms with Crippen LogP contribution in [0.15, 0.2) is 18.2 Å². The third-order valence-corrected chi connectivity index (χ3v) is 6.87. The number of aromatic nitrogens is 3. The second-order valence-electron chi connectivity index (χ2n) is 9.52. The number of hydrogen-bond donors (Lipinski definition) is 1. The van der Waals surface area contributed by atoms with E-state index in [1.54, 1.807) is 19.1 Å². The molecule has 0 unspecified atom stereocenters. The molecule has 2 aliphatic rings. The van der Waals surface area contributed by atoms with Gasteiger partial charge in [-0.2, -0.15) is 13.2 Å². The van der Waals surface area contributed by atoms with Crippen LogP contribution in [0.3, 0.4) is 0 Å². The summed E-state index contributed by atoms with van der Waals surface area (Å²) in [5, 5.41) is 18.3. The highest BCUT2D eigenvalue weighted by molar-refractivity contribution is 5.81. The minimum atomic E-state index is -4.16. The first-order chi connectivity index (χ1) is 15.7. The van der Waals surface area contributed by atoms with Crippen LogP contribution in [0.5, 0.6) is 0 Å². The Morgan fingerprint density at radius 2 is 1.97 bits per heavy atom. The maximum Gasteiger partial charge on any atom is 0.389 e. The van der Waals surface area contributed by atoms with Crippen LogP contribution < -0.4 is 0 Å². The van der Waals surface area contributed by atoms with Gasteiger partial charge in [-0.15, -0.1) is 10.2 Å². The van der Waals surface area contributed by atoms with Crippen LogP contribution in [-0.2, 0) is 11.2 Å². The number of alkyl halides is 3. The fourth-order valence-electron chi connectivity index (χ4n) is 4.90. The van der Waals surface area contributed by atoms with Crippen LogP contribution in [0.1, 0.15) is 85.6 Å². The van der Waals surface area contributed by atoms with Gasteiger partial charge in [0.05, 0.1) is 0 Å². The van der Waals surface area contributed by atoms with E-state index in [1.807, 2.05) is 4.57 Å². The minimum Gasteiger partial charge on any atom is -0.396 e. The average Bonchev–Trinajstić information content (AvgIpc) is 3.45. The molecule has 2 fully saturated rings. The summed E-state index contributed by atoms with van der Waals surface area (Å²) in [6.45, 7) is 1.52. The maximum absolute atomic E-state index is 13.8. The van der Waals surface area contributed by atoms with E-state index in [1.165, 1.54) is 6.07 Å². The summed E-state index contributed by atoms with van der Waals surface area (Å²) in [7, 11) is 0. The number of carbonyl (C=O) groups excluding carboxylic acids is 1. The Morgan fingerprint density at radius 1 is 1.24 bits per heavy atom. The standard InChI is InChI=1S/C24H29F4N3O2/c1-14-16(3-2-4-21(14)25)11-20(33)12-17(7-8-32)22-29-30-23(31(22)19-5-6-19)18-9-15(10-18)13-24(26,27)28/h2-4,15,17-19,32H,5-13H2,1H3/t15?,17-,18?/m0/s1. The van der Waals surface area contributed by atoms with E-state index in [9.17, 15) is 27.5 Å². The van der Waals surface area contributed by atoms with Crippen molar-refractivity contribution in [1.82, 2.24) is 14.8 Å². The van der Waals surface area contributed by atoms with E-state index in [2.05, 4.69) is 10.2 Å². The summed E-state index contributed by atoms with van der Waals surface area (Å²) in [5.74, 6) is 0.126. The maximum atomic E-state index is 13.8. The highest BCUT2D eigenvalue weighted by Crippen LogP contribution is 2.49. The third kappa shape index (κ3) is 5.62. The largest absolute Gasteiger partial charge is 0.396 e. The third-order valence-electron chi connectivity index (χ3n) is 6.87. The zero-order valence-corrected chi connectivity index (χ0v) is 18.6. The Bertz CT molecular complexity index is 994. The van der Waals surface area contributed by atoms with Crippen molar-refractivity contribution in [2.75, 3.05) is 6.61 Å². The number of ketones is 1. The molecule has 33 heavy (non-hydrogen) atoms. The van der Waals surface area contributed by atoms with Crippen LogP contribution in [0.25, 0.3) is 0 Å². The van der Waals surface area contributed by atoms with Crippen LogP contribution in [0, 0.1) is 18.7 Å². The van der Waals surface area contributed by atoms with Crippen LogP contribution >= 0.6 is 0 Å². The Balaban J connectivity index is 1.49. The number of hydrogen-bond acceptors (Lipinski definition) is 4. The van der Waals surface area contributed by atoms with Gasteiger partial charge in [-0.1, -0.05) is 12.1 Å². The van der Waals surface area contributed by atoms with Gasteiger partial charge in [-0.3, -0.25) is 4.79 Å². The van der Waals surface area contributed by atoms with E-state index in [-0.39, 0.29) is 54.8 Å². The van der Waals surface area contributed by atoms with Crippen molar-refractivity contribution in [2.45, 2.75) is 82.3 Å². The smallest absolute Gasteiger partial charge is 0.389 e. The van der Waals surface area contributed by atoms with Gasteiger partial charge in [0.25, 0.3) is 0 Å². The second-order valence-corrected chi connectivity index (χ2v) is 9.52. The monoisotopic (exact) mass is 467 g/mol. The lowest BCUT2D eigenvalue weighted by atomic mass is 9.72. The number of rotatable bonds is 10. The zero-order valence-electron chi connectivity index (χ0n) is 18.6. The summed E-state index contributed by atoms with van der Waals surface area (Å²) in [6, 6.07) is 4.87. The molecule has 1 atom stereocenters. The molecule has 180 valence electrons. The first-order valence-electron chi connectivity index (χ1n) is 11.5. The molecule has 9 heteroatoms. The van der Waals surface area contributed by atoms with Crippen molar-refractivity contribution in [1.29, 1.82) is 0 Å². The molecule has 5 nitrogen and oxygen atoms in total. The van der Waals surface area contributed by atoms with Gasteiger partial charge in [0.1, 0.15) is 23.2 Å². The summed E-state index contributed by atoms with van der Waals surface area (Å²) in [5.41, 5.74) is 1.09. The molecule has 2 aliphatic carbocycles. The van der Waals surface area contributed by atoms with Crippen LogP contribution in [0.2, 0.25) is 0 Å². The normalized spacial score (nSPS) is 21.6. The van der Waals surface area contributed by atoms with Gasteiger partial charge in [0, 0.05) is 43.7 Å². The average molecular weight is 468 g/mol. The molecule has 0 bridgehead atoms. The van der Waals surface area contributed by atoms with Gasteiger partial charge in [-0.05, 0) is 62.1 Å². The second kappa shape index (κ2) is 9.52. The van der Waals surface area contributed by atoms with E-state index < -0.39 is 12.6 Å². The summed E-state index contributed by atoms with van der Waals surface area (Å²) >= 11 is 0. The lowest BCUT2D eigenvalue weighted by molar-refractivity contribution is -0.151. The molecular formula is C24H29F4N3O2. The molecule has 2 saturated carbocycles. The van der Waals surface area contributed by atoms with Gasteiger partial charge in [0.15, 0.2) is 0 Å². The van der Waals surface area contributed by atoms with Crippen molar-refractivity contribution in [3.63, 3.8) is 0 Å². The number of aliphatic hydroxyl groups is 1. The SMILES string of the molecule is Cc1c(F)cccc1CC(=O)C[C@H](CCO)c1nnc(C2CC(CC(F)(F)F)C2)n1C1CC1. The topological polar surface area (TPSA) is 68.0 Å². The zero-order chi connectivity index (χ0) is 23.8. The van der Waals surface area contributed by atoms with Crippen LogP contribution in [-0.4, -0.2) is 38.4 Å². The number of aliphatic hydroxyl groups excluding tert-OH is 1. The van der Waals surface area contributed by atoms with E-state index in [0.717, 1.165) is 12.8 Å². The predicted molar refractivity (Wildman–Crippen MR) is 113 cm³/mol. The van der Waals surface area contributed by atoms with E-state index in [0.29, 0.717) is 42.0 Å².